The number of hydrogen-bond acceptors (Lipinski definition) is 2. The van der Waals surface area contributed by atoms with Crippen LogP contribution >= 0.6 is 0 Å². The molecular formula is C18H30N2. The molecule has 1 atom stereocenters. The minimum absolute atomic E-state index is 0.269. The maximum Gasteiger partial charge on any atom is 0.0406 e. The van der Waals surface area contributed by atoms with E-state index in [1.807, 2.05) is 0 Å². The average molecular weight is 274 g/mol. The highest BCUT2D eigenvalue weighted by Crippen LogP contribution is 2.43. The third kappa shape index (κ3) is 3.01. The summed E-state index contributed by atoms with van der Waals surface area (Å²) in [5.41, 5.74) is 4.67. The Morgan fingerprint density at radius 2 is 2.05 bits per heavy atom. The molecule has 1 heterocycles. The van der Waals surface area contributed by atoms with Crippen molar-refractivity contribution in [1.82, 2.24) is 5.32 Å². The molecule has 112 valence electrons. The van der Waals surface area contributed by atoms with E-state index in [0.29, 0.717) is 5.92 Å². The number of anilines is 1. The van der Waals surface area contributed by atoms with E-state index in [1.54, 1.807) is 0 Å². The van der Waals surface area contributed by atoms with Crippen molar-refractivity contribution in [2.24, 2.45) is 0 Å². The molecule has 1 aromatic rings. The van der Waals surface area contributed by atoms with E-state index in [1.165, 1.54) is 29.7 Å². The summed E-state index contributed by atoms with van der Waals surface area (Å²) < 4.78 is 0. The second kappa shape index (κ2) is 6.17. The Balaban J connectivity index is 2.35. The van der Waals surface area contributed by atoms with Gasteiger partial charge in [0.1, 0.15) is 0 Å². The van der Waals surface area contributed by atoms with Crippen LogP contribution in [0.5, 0.6) is 0 Å². The average Bonchev–Trinajstić information content (AvgIpc) is 2.40. The van der Waals surface area contributed by atoms with Crippen LogP contribution in [-0.2, 0) is 6.54 Å². The second-order valence-electron chi connectivity index (χ2n) is 6.74. The van der Waals surface area contributed by atoms with Gasteiger partial charge in [0.2, 0.25) is 0 Å². The lowest BCUT2D eigenvalue weighted by molar-refractivity contribution is 0.376. The van der Waals surface area contributed by atoms with Crippen molar-refractivity contribution in [3.63, 3.8) is 0 Å². The quantitative estimate of drug-likeness (QED) is 0.861. The Kier molecular flexibility index (Phi) is 4.74. The number of nitrogens with one attached hydrogen (secondary N) is 1. The van der Waals surface area contributed by atoms with Crippen molar-refractivity contribution in [3.05, 3.63) is 29.3 Å². The summed E-state index contributed by atoms with van der Waals surface area (Å²) in [7, 11) is 0. The molecule has 0 saturated heterocycles. The summed E-state index contributed by atoms with van der Waals surface area (Å²) in [5, 5.41) is 3.43. The molecule has 20 heavy (non-hydrogen) atoms. The van der Waals surface area contributed by atoms with E-state index in [9.17, 15) is 0 Å². The molecule has 2 heteroatoms. The van der Waals surface area contributed by atoms with Crippen LogP contribution in [0, 0.1) is 0 Å². The van der Waals surface area contributed by atoms with Crippen LogP contribution in [0.4, 0.5) is 5.69 Å². The molecule has 1 aromatic carbocycles. The molecule has 1 aliphatic heterocycles. The van der Waals surface area contributed by atoms with Gasteiger partial charge in [-0.2, -0.15) is 0 Å². The fraction of sp³-hybridized carbons (Fsp3) is 0.667. The summed E-state index contributed by atoms with van der Waals surface area (Å²) in [4.78, 5) is 2.61. The Hall–Kier alpha value is -1.02. The first kappa shape index (κ1) is 15.4. The molecule has 0 amide bonds. The molecular weight excluding hydrogens is 244 g/mol. The van der Waals surface area contributed by atoms with Gasteiger partial charge in [0.05, 0.1) is 0 Å². The van der Waals surface area contributed by atoms with Crippen molar-refractivity contribution in [2.45, 2.75) is 65.5 Å². The zero-order chi connectivity index (χ0) is 14.8. The van der Waals surface area contributed by atoms with Crippen molar-refractivity contribution in [1.29, 1.82) is 0 Å². The largest absolute Gasteiger partial charge is 0.366 e. The lowest BCUT2D eigenvalue weighted by atomic mass is 9.79. The van der Waals surface area contributed by atoms with Crippen molar-refractivity contribution in [3.8, 4) is 0 Å². The highest BCUT2D eigenvalue weighted by molar-refractivity contribution is 5.60. The van der Waals surface area contributed by atoms with Crippen molar-refractivity contribution in [2.75, 3.05) is 18.0 Å². The van der Waals surface area contributed by atoms with Crippen LogP contribution < -0.4 is 10.2 Å². The summed E-state index contributed by atoms with van der Waals surface area (Å²) in [6, 6.07) is 7.05. The summed E-state index contributed by atoms with van der Waals surface area (Å²) >= 11 is 0. The van der Waals surface area contributed by atoms with E-state index < -0.39 is 0 Å². The molecule has 2 rings (SSSR count). The molecule has 0 unspecified atom stereocenters. The number of fused-ring (bicyclic) bond motifs is 1. The number of hydrogen-bond donors (Lipinski definition) is 1. The SMILES string of the molecule is CCCN1c2ccc(CNCC)cc2[C@H](C)CC1(C)C. The number of nitrogens with zero attached hydrogens (tertiary/aromatic N) is 1. The predicted octanol–water partition coefficient (Wildman–Crippen LogP) is 4.30. The second-order valence-corrected chi connectivity index (χ2v) is 6.74. The standard InChI is InChI=1S/C18H30N2/c1-6-10-20-17-9-8-15(13-19-7-2)11-16(17)14(3)12-18(20,4)5/h8-9,11,14,19H,6-7,10,12-13H2,1-5H3/t14-/m1/s1. The van der Waals surface area contributed by atoms with E-state index in [-0.39, 0.29) is 5.54 Å². The number of benzene rings is 1. The highest BCUT2D eigenvalue weighted by Gasteiger charge is 2.35. The van der Waals surface area contributed by atoms with E-state index >= 15 is 0 Å². The van der Waals surface area contributed by atoms with Crippen LogP contribution in [0.25, 0.3) is 0 Å². The fourth-order valence-electron chi connectivity index (χ4n) is 3.57. The highest BCUT2D eigenvalue weighted by atomic mass is 15.2. The molecule has 0 bridgehead atoms. The van der Waals surface area contributed by atoms with Crippen LogP contribution in [0.2, 0.25) is 0 Å². The molecule has 0 spiro atoms. The van der Waals surface area contributed by atoms with E-state index in [2.05, 4.69) is 63.0 Å². The van der Waals surface area contributed by atoms with Crippen molar-refractivity contribution < 1.29 is 0 Å². The van der Waals surface area contributed by atoms with Crippen LogP contribution in [0.1, 0.15) is 64.5 Å². The van der Waals surface area contributed by atoms with Gasteiger partial charge < -0.3 is 10.2 Å². The Morgan fingerprint density at radius 1 is 1.30 bits per heavy atom. The van der Waals surface area contributed by atoms with Gasteiger partial charge in [-0.3, -0.25) is 0 Å². The Labute approximate surface area is 124 Å². The predicted molar refractivity (Wildman–Crippen MR) is 88.6 cm³/mol. The van der Waals surface area contributed by atoms with Gasteiger partial charge in [-0.15, -0.1) is 0 Å². The fourth-order valence-corrected chi connectivity index (χ4v) is 3.57. The molecule has 2 nitrogen and oxygen atoms in total. The van der Waals surface area contributed by atoms with E-state index in [0.717, 1.165) is 19.6 Å². The van der Waals surface area contributed by atoms with E-state index in [4.69, 9.17) is 0 Å². The lowest BCUT2D eigenvalue weighted by Gasteiger charge is -2.47. The minimum atomic E-state index is 0.269. The third-order valence-electron chi connectivity index (χ3n) is 4.48. The molecule has 0 aromatic heterocycles. The molecule has 0 fully saturated rings. The maximum atomic E-state index is 3.43. The maximum absolute atomic E-state index is 3.43. The zero-order valence-corrected chi connectivity index (χ0v) is 13.8. The van der Waals surface area contributed by atoms with Crippen molar-refractivity contribution >= 4 is 5.69 Å². The molecule has 0 aliphatic carbocycles. The van der Waals surface area contributed by atoms with Gasteiger partial charge in [0, 0.05) is 24.3 Å². The zero-order valence-electron chi connectivity index (χ0n) is 13.8. The summed E-state index contributed by atoms with van der Waals surface area (Å²) in [5.74, 6) is 0.648. The summed E-state index contributed by atoms with van der Waals surface area (Å²) in [6.45, 7) is 14.7. The minimum Gasteiger partial charge on any atom is -0.366 e. The van der Waals surface area contributed by atoms with Gasteiger partial charge >= 0.3 is 0 Å². The van der Waals surface area contributed by atoms with Crippen LogP contribution in [-0.4, -0.2) is 18.6 Å². The first-order valence-corrected chi connectivity index (χ1v) is 8.10. The topological polar surface area (TPSA) is 15.3 Å². The van der Waals surface area contributed by atoms with Crippen LogP contribution in [0.15, 0.2) is 18.2 Å². The first-order chi connectivity index (χ1) is 9.49. The van der Waals surface area contributed by atoms with Gasteiger partial charge in [0.15, 0.2) is 0 Å². The Morgan fingerprint density at radius 3 is 2.70 bits per heavy atom. The Bertz CT molecular complexity index is 451. The van der Waals surface area contributed by atoms with Gasteiger partial charge in [-0.25, -0.2) is 0 Å². The molecule has 0 saturated carbocycles. The van der Waals surface area contributed by atoms with Gasteiger partial charge in [-0.05, 0) is 56.3 Å². The molecule has 1 N–H and O–H groups in total. The molecule has 0 radical (unpaired) electrons. The third-order valence-corrected chi connectivity index (χ3v) is 4.48. The summed E-state index contributed by atoms with van der Waals surface area (Å²) in [6.07, 6.45) is 2.45. The molecule has 1 aliphatic rings. The smallest absolute Gasteiger partial charge is 0.0406 e. The number of rotatable bonds is 5. The van der Waals surface area contributed by atoms with Gasteiger partial charge in [-0.1, -0.05) is 32.9 Å². The lowest BCUT2D eigenvalue weighted by Crippen LogP contribution is -2.48. The normalized spacial score (nSPS) is 20.9. The van der Waals surface area contributed by atoms with Gasteiger partial charge in [0.25, 0.3) is 0 Å². The monoisotopic (exact) mass is 274 g/mol. The first-order valence-electron chi connectivity index (χ1n) is 8.10. The van der Waals surface area contributed by atoms with Crippen LogP contribution in [0.3, 0.4) is 0 Å².